The van der Waals surface area contributed by atoms with Crippen LogP contribution >= 0.6 is 0 Å². The molecule has 23 heavy (non-hydrogen) atoms. The summed E-state index contributed by atoms with van der Waals surface area (Å²) in [5.41, 5.74) is 0. The van der Waals surface area contributed by atoms with Gasteiger partial charge in [-0.3, -0.25) is 14.6 Å². The normalized spacial score (nSPS) is 10.5. The van der Waals surface area contributed by atoms with E-state index in [1.807, 2.05) is 30.3 Å². The maximum Gasteiger partial charge on any atom is 0.291 e. The van der Waals surface area contributed by atoms with Crippen molar-refractivity contribution in [1.82, 2.24) is 35.3 Å². The summed E-state index contributed by atoms with van der Waals surface area (Å²) in [6.07, 6.45) is 1.46. The van der Waals surface area contributed by atoms with Gasteiger partial charge in [0, 0.05) is 7.05 Å². The zero-order valence-electron chi connectivity index (χ0n) is 12.4. The van der Waals surface area contributed by atoms with Gasteiger partial charge in [0.25, 0.3) is 5.91 Å². The van der Waals surface area contributed by atoms with Gasteiger partial charge in [0.2, 0.25) is 5.82 Å². The second kappa shape index (κ2) is 6.69. The van der Waals surface area contributed by atoms with Gasteiger partial charge in [-0.05, 0) is 12.1 Å². The molecule has 0 spiro atoms. The highest BCUT2D eigenvalue weighted by Gasteiger charge is 2.11. The smallest absolute Gasteiger partial charge is 0.291 e. The van der Waals surface area contributed by atoms with Gasteiger partial charge in [0.05, 0.1) is 6.54 Å². The fourth-order valence-electron chi connectivity index (χ4n) is 1.83. The number of aromatic nitrogens is 6. The van der Waals surface area contributed by atoms with Crippen LogP contribution in [-0.4, -0.2) is 35.9 Å². The SMILES string of the molecule is Cn1cnc(C(=O)NCc2n[nH]c(COc3ccccc3)n2)n1. The Morgan fingerprint density at radius 3 is 2.91 bits per heavy atom. The summed E-state index contributed by atoms with van der Waals surface area (Å²) in [4.78, 5) is 19.9. The molecule has 2 N–H and O–H groups in total. The van der Waals surface area contributed by atoms with E-state index < -0.39 is 0 Å². The Morgan fingerprint density at radius 1 is 1.35 bits per heavy atom. The van der Waals surface area contributed by atoms with Gasteiger partial charge >= 0.3 is 0 Å². The lowest BCUT2D eigenvalue weighted by atomic mass is 10.3. The Hall–Kier alpha value is -3.23. The van der Waals surface area contributed by atoms with Crippen molar-refractivity contribution in [2.24, 2.45) is 7.05 Å². The summed E-state index contributed by atoms with van der Waals surface area (Å²) in [7, 11) is 1.69. The molecule has 0 aliphatic carbocycles. The topological polar surface area (TPSA) is 111 Å². The number of nitrogens with zero attached hydrogens (tertiary/aromatic N) is 5. The zero-order valence-corrected chi connectivity index (χ0v) is 12.4. The van der Waals surface area contributed by atoms with Gasteiger partial charge in [0.15, 0.2) is 11.6 Å². The van der Waals surface area contributed by atoms with E-state index in [1.165, 1.54) is 11.0 Å². The first kappa shape index (κ1) is 14.7. The number of hydrogen-bond acceptors (Lipinski definition) is 6. The molecule has 0 bridgehead atoms. The van der Waals surface area contributed by atoms with Crippen LogP contribution in [-0.2, 0) is 20.2 Å². The molecule has 2 aromatic heterocycles. The average Bonchev–Trinajstić information content (AvgIpc) is 3.21. The number of amides is 1. The number of carbonyl (C=O) groups excluding carboxylic acids is 1. The van der Waals surface area contributed by atoms with Gasteiger partial charge < -0.3 is 10.1 Å². The highest BCUT2D eigenvalue weighted by atomic mass is 16.5. The number of nitrogens with one attached hydrogen (secondary N) is 2. The molecule has 0 aliphatic heterocycles. The van der Waals surface area contributed by atoms with Crippen LogP contribution in [0, 0.1) is 0 Å². The number of ether oxygens (including phenoxy) is 1. The van der Waals surface area contributed by atoms with Crippen molar-refractivity contribution in [2.45, 2.75) is 13.2 Å². The largest absolute Gasteiger partial charge is 0.486 e. The lowest BCUT2D eigenvalue weighted by Crippen LogP contribution is -2.24. The van der Waals surface area contributed by atoms with Crippen molar-refractivity contribution in [3.05, 3.63) is 54.1 Å². The number of aryl methyl sites for hydroxylation is 1. The Kier molecular flexibility index (Phi) is 4.27. The van der Waals surface area contributed by atoms with E-state index in [2.05, 4.69) is 30.6 Å². The van der Waals surface area contributed by atoms with Crippen LogP contribution in [0.15, 0.2) is 36.7 Å². The molecule has 0 radical (unpaired) electrons. The van der Waals surface area contributed by atoms with E-state index in [4.69, 9.17) is 4.74 Å². The van der Waals surface area contributed by atoms with E-state index >= 15 is 0 Å². The minimum atomic E-state index is -0.377. The van der Waals surface area contributed by atoms with Crippen LogP contribution in [0.2, 0.25) is 0 Å². The molecule has 3 aromatic rings. The zero-order chi connectivity index (χ0) is 16.1. The van der Waals surface area contributed by atoms with Crippen molar-refractivity contribution < 1.29 is 9.53 Å². The summed E-state index contributed by atoms with van der Waals surface area (Å²) in [6, 6.07) is 9.41. The first-order valence-electron chi connectivity index (χ1n) is 6.92. The van der Waals surface area contributed by atoms with Gasteiger partial charge in [-0.15, -0.1) is 5.10 Å². The monoisotopic (exact) mass is 313 g/mol. The van der Waals surface area contributed by atoms with Crippen LogP contribution in [0.4, 0.5) is 0 Å². The van der Waals surface area contributed by atoms with Gasteiger partial charge in [-0.1, -0.05) is 18.2 Å². The molecule has 1 amide bonds. The number of hydrogen-bond donors (Lipinski definition) is 2. The van der Waals surface area contributed by atoms with Crippen LogP contribution in [0.5, 0.6) is 5.75 Å². The third-order valence-corrected chi connectivity index (χ3v) is 2.91. The lowest BCUT2D eigenvalue weighted by Gasteiger charge is -2.02. The molecule has 3 rings (SSSR count). The second-order valence-corrected chi connectivity index (χ2v) is 4.72. The van der Waals surface area contributed by atoms with E-state index in [0.717, 1.165) is 5.75 Å². The fourth-order valence-corrected chi connectivity index (χ4v) is 1.83. The van der Waals surface area contributed by atoms with Gasteiger partial charge in [-0.2, -0.15) is 5.10 Å². The highest BCUT2D eigenvalue weighted by molar-refractivity contribution is 5.90. The molecular weight excluding hydrogens is 298 g/mol. The predicted molar refractivity (Wildman–Crippen MR) is 79.3 cm³/mol. The number of rotatable bonds is 6. The average molecular weight is 313 g/mol. The second-order valence-electron chi connectivity index (χ2n) is 4.72. The van der Waals surface area contributed by atoms with Crippen molar-refractivity contribution in [1.29, 1.82) is 0 Å². The van der Waals surface area contributed by atoms with Gasteiger partial charge in [-0.25, -0.2) is 9.97 Å². The molecule has 118 valence electrons. The third-order valence-electron chi connectivity index (χ3n) is 2.91. The van der Waals surface area contributed by atoms with Crippen LogP contribution < -0.4 is 10.1 Å². The minimum Gasteiger partial charge on any atom is -0.486 e. The van der Waals surface area contributed by atoms with Crippen molar-refractivity contribution >= 4 is 5.91 Å². The standard InChI is InChI=1S/C14H15N7O2/c1-21-9-16-13(20-21)14(22)15-7-11-17-12(19-18-11)8-23-10-5-3-2-4-6-10/h2-6,9H,7-8H2,1H3,(H,15,22)(H,17,18,19). The van der Waals surface area contributed by atoms with Crippen molar-refractivity contribution in [2.75, 3.05) is 0 Å². The van der Waals surface area contributed by atoms with E-state index in [1.54, 1.807) is 7.05 Å². The summed E-state index contributed by atoms with van der Waals surface area (Å²) < 4.78 is 7.02. The van der Waals surface area contributed by atoms with E-state index in [-0.39, 0.29) is 24.9 Å². The molecule has 0 atom stereocenters. The molecule has 0 fully saturated rings. The van der Waals surface area contributed by atoms with Gasteiger partial charge in [0.1, 0.15) is 18.7 Å². The molecule has 9 nitrogen and oxygen atoms in total. The number of para-hydroxylation sites is 1. The minimum absolute atomic E-state index is 0.107. The highest BCUT2D eigenvalue weighted by Crippen LogP contribution is 2.09. The van der Waals surface area contributed by atoms with Crippen LogP contribution in [0.1, 0.15) is 22.3 Å². The number of H-pyrrole nitrogens is 1. The quantitative estimate of drug-likeness (QED) is 0.683. The van der Waals surface area contributed by atoms with Crippen LogP contribution in [0.3, 0.4) is 0 Å². The molecule has 2 heterocycles. The molecule has 1 aromatic carbocycles. The first-order chi connectivity index (χ1) is 11.2. The molecule has 0 unspecified atom stereocenters. The maximum atomic E-state index is 11.8. The summed E-state index contributed by atoms with van der Waals surface area (Å²) in [5.74, 6) is 1.52. The first-order valence-corrected chi connectivity index (χ1v) is 6.92. The Balaban J connectivity index is 1.50. The summed E-state index contributed by atoms with van der Waals surface area (Å²) in [5, 5.41) is 13.4. The number of aromatic amines is 1. The Labute approximate surface area is 131 Å². The van der Waals surface area contributed by atoms with E-state index in [9.17, 15) is 4.79 Å². The molecule has 9 heteroatoms. The summed E-state index contributed by atoms with van der Waals surface area (Å²) >= 11 is 0. The summed E-state index contributed by atoms with van der Waals surface area (Å²) in [6.45, 7) is 0.450. The molecule has 0 saturated heterocycles. The molecular formula is C14H15N7O2. The predicted octanol–water partition coefficient (Wildman–Crippen LogP) is 0.442. The Bertz CT molecular complexity index is 781. The number of benzene rings is 1. The van der Waals surface area contributed by atoms with Crippen molar-refractivity contribution in [3.63, 3.8) is 0 Å². The fraction of sp³-hybridized carbons (Fsp3) is 0.214. The van der Waals surface area contributed by atoms with Crippen molar-refractivity contribution in [3.8, 4) is 5.75 Å². The maximum absolute atomic E-state index is 11.8. The number of carbonyl (C=O) groups is 1. The third kappa shape index (κ3) is 3.90. The van der Waals surface area contributed by atoms with E-state index in [0.29, 0.717) is 11.6 Å². The lowest BCUT2D eigenvalue weighted by molar-refractivity contribution is 0.0939. The molecule has 0 saturated carbocycles. The van der Waals surface area contributed by atoms with Crippen LogP contribution in [0.25, 0.3) is 0 Å². The molecule has 0 aliphatic rings. The Morgan fingerprint density at radius 2 is 2.17 bits per heavy atom.